The Balaban J connectivity index is 1.51. The van der Waals surface area contributed by atoms with E-state index in [9.17, 15) is 14.3 Å². The fourth-order valence-electron chi connectivity index (χ4n) is 6.16. The lowest BCUT2D eigenvalue weighted by Crippen LogP contribution is -2.40. The Morgan fingerprint density at radius 3 is 2.70 bits per heavy atom. The van der Waals surface area contributed by atoms with Crippen LogP contribution in [0, 0.1) is 11.6 Å². The van der Waals surface area contributed by atoms with Gasteiger partial charge in [0.15, 0.2) is 0 Å². The van der Waals surface area contributed by atoms with Gasteiger partial charge in [0.05, 0.1) is 40.7 Å². The molecule has 1 aliphatic heterocycles. The van der Waals surface area contributed by atoms with E-state index in [0.717, 1.165) is 39.7 Å². The summed E-state index contributed by atoms with van der Waals surface area (Å²) in [6, 6.07) is 11.3. The van der Waals surface area contributed by atoms with E-state index in [1.807, 2.05) is 60.6 Å². The minimum atomic E-state index is -1.26. The molecule has 1 aliphatic rings. The van der Waals surface area contributed by atoms with E-state index in [0.29, 0.717) is 40.4 Å². The topological polar surface area (TPSA) is 98.3 Å². The van der Waals surface area contributed by atoms with Gasteiger partial charge < -0.3 is 14.7 Å². The number of ether oxygens (including phenoxy) is 1. The van der Waals surface area contributed by atoms with Gasteiger partial charge in [-0.3, -0.25) is 14.2 Å². The maximum atomic E-state index is 16.1. The number of thiophene rings is 1. The molecule has 7 rings (SSSR count). The predicted molar refractivity (Wildman–Crippen MR) is 178 cm³/mol. The SMILES string of the molecule is C=CC(=O)N1CCn2nc(-c3nc(-c4ccc5nn(C)cc5c4)c4ccsc4c3-c3c(F)cc(F)cc3OCC(C)(C)O)cc2[C@@H]1C. The third kappa shape index (κ3) is 5.47. The van der Waals surface area contributed by atoms with Gasteiger partial charge in [-0.1, -0.05) is 12.6 Å². The number of aliphatic hydroxyl groups is 1. The van der Waals surface area contributed by atoms with Gasteiger partial charge >= 0.3 is 0 Å². The van der Waals surface area contributed by atoms with Crippen molar-refractivity contribution in [3.05, 3.63) is 84.0 Å². The fourth-order valence-corrected chi connectivity index (χ4v) is 7.10. The molecule has 1 atom stereocenters. The number of amides is 1. The van der Waals surface area contributed by atoms with Crippen LogP contribution in [0.25, 0.3) is 54.8 Å². The Morgan fingerprint density at radius 2 is 1.94 bits per heavy atom. The van der Waals surface area contributed by atoms with Crippen molar-refractivity contribution in [1.82, 2.24) is 29.4 Å². The normalized spacial score (nSPS) is 15.0. The number of hydrogen-bond donors (Lipinski definition) is 1. The number of carbonyl (C=O) groups is 1. The molecule has 9 nitrogen and oxygen atoms in total. The Labute approximate surface area is 273 Å². The number of nitrogens with zero attached hydrogens (tertiary/aromatic N) is 6. The lowest BCUT2D eigenvalue weighted by molar-refractivity contribution is -0.129. The van der Waals surface area contributed by atoms with Crippen LogP contribution in [0.1, 0.15) is 32.5 Å². The molecule has 0 spiro atoms. The van der Waals surface area contributed by atoms with Gasteiger partial charge in [-0.25, -0.2) is 13.8 Å². The summed E-state index contributed by atoms with van der Waals surface area (Å²) in [5.74, 6) is -1.89. The van der Waals surface area contributed by atoms with E-state index in [1.165, 1.54) is 17.4 Å². The molecule has 0 fully saturated rings. The van der Waals surface area contributed by atoms with Crippen LogP contribution in [-0.2, 0) is 18.4 Å². The summed E-state index contributed by atoms with van der Waals surface area (Å²) in [5, 5.41) is 23.4. The van der Waals surface area contributed by atoms with Crippen molar-refractivity contribution in [1.29, 1.82) is 0 Å². The zero-order chi connectivity index (χ0) is 33.2. The average molecular weight is 655 g/mol. The lowest BCUT2D eigenvalue weighted by Gasteiger charge is -2.33. The highest BCUT2D eigenvalue weighted by Crippen LogP contribution is 2.47. The van der Waals surface area contributed by atoms with Crippen LogP contribution in [0.2, 0.25) is 0 Å². The maximum Gasteiger partial charge on any atom is 0.246 e. The average Bonchev–Trinajstić information content (AvgIpc) is 3.76. The highest BCUT2D eigenvalue weighted by atomic mass is 32.1. The number of aromatic nitrogens is 5. The monoisotopic (exact) mass is 654 g/mol. The van der Waals surface area contributed by atoms with Crippen LogP contribution >= 0.6 is 11.3 Å². The second kappa shape index (κ2) is 11.4. The molecule has 240 valence electrons. The van der Waals surface area contributed by atoms with Gasteiger partial charge in [-0.2, -0.15) is 10.2 Å². The van der Waals surface area contributed by atoms with E-state index >= 15 is 4.39 Å². The number of halogens is 2. The summed E-state index contributed by atoms with van der Waals surface area (Å²) in [4.78, 5) is 19.5. The highest BCUT2D eigenvalue weighted by Gasteiger charge is 2.31. The molecule has 5 heterocycles. The number of fused-ring (bicyclic) bond motifs is 3. The molecule has 12 heteroatoms. The molecule has 47 heavy (non-hydrogen) atoms. The number of benzene rings is 2. The fraction of sp³-hybridized carbons (Fsp3) is 0.257. The molecule has 0 bridgehead atoms. The zero-order valence-electron chi connectivity index (χ0n) is 26.3. The van der Waals surface area contributed by atoms with Crippen LogP contribution in [0.5, 0.6) is 5.75 Å². The Hall–Kier alpha value is -4.94. The lowest BCUT2D eigenvalue weighted by atomic mass is 9.96. The molecular weight excluding hydrogens is 622 g/mol. The molecule has 1 amide bonds. The zero-order valence-corrected chi connectivity index (χ0v) is 27.1. The molecular formula is C35H32F2N6O3S. The van der Waals surface area contributed by atoms with Gasteiger partial charge in [0, 0.05) is 58.5 Å². The molecule has 2 aromatic carbocycles. The number of carbonyl (C=O) groups excluding carboxylic acids is 1. The van der Waals surface area contributed by atoms with Crippen LogP contribution in [0.3, 0.4) is 0 Å². The molecule has 6 aromatic rings. The molecule has 0 saturated carbocycles. The van der Waals surface area contributed by atoms with E-state index < -0.39 is 17.2 Å². The van der Waals surface area contributed by atoms with E-state index in [4.69, 9.17) is 14.8 Å². The van der Waals surface area contributed by atoms with Crippen molar-refractivity contribution in [3.8, 4) is 39.5 Å². The maximum absolute atomic E-state index is 16.1. The van der Waals surface area contributed by atoms with E-state index in [2.05, 4.69) is 11.7 Å². The van der Waals surface area contributed by atoms with Crippen molar-refractivity contribution in [2.75, 3.05) is 13.2 Å². The van der Waals surface area contributed by atoms with E-state index in [1.54, 1.807) is 23.4 Å². The number of rotatable bonds is 7. The van der Waals surface area contributed by atoms with Crippen LogP contribution in [0.15, 0.2) is 66.7 Å². The number of hydrogen-bond acceptors (Lipinski definition) is 7. The quantitative estimate of drug-likeness (QED) is 0.188. The summed E-state index contributed by atoms with van der Waals surface area (Å²) in [6.45, 7) is 9.36. The van der Waals surface area contributed by atoms with Crippen LogP contribution in [-0.4, -0.2) is 59.2 Å². The van der Waals surface area contributed by atoms with Gasteiger partial charge in [0.25, 0.3) is 0 Å². The predicted octanol–water partition coefficient (Wildman–Crippen LogP) is 6.90. The summed E-state index contributed by atoms with van der Waals surface area (Å²) in [6.07, 6.45) is 3.23. The molecule has 0 unspecified atom stereocenters. The first-order chi connectivity index (χ1) is 22.4. The van der Waals surface area contributed by atoms with Crippen molar-refractivity contribution in [2.24, 2.45) is 7.05 Å². The molecule has 0 radical (unpaired) electrons. The third-order valence-corrected chi connectivity index (χ3v) is 9.24. The van der Waals surface area contributed by atoms with Gasteiger partial charge in [0.1, 0.15) is 35.4 Å². The molecule has 0 aliphatic carbocycles. The van der Waals surface area contributed by atoms with Gasteiger partial charge in [-0.15, -0.1) is 11.3 Å². The summed E-state index contributed by atoms with van der Waals surface area (Å²) in [5.41, 5.74) is 3.11. The second-order valence-electron chi connectivity index (χ2n) is 12.4. The number of aryl methyl sites for hydroxylation is 1. The first-order valence-electron chi connectivity index (χ1n) is 15.1. The Bertz CT molecular complexity index is 2210. The van der Waals surface area contributed by atoms with Crippen molar-refractivity contribution >= 4 is 38.2 Å². The third-order valence-electron chi connectivity index (χ3n) is 8.31. The molecule has 4 aromatic heterocycles. The minimum Gasteiger partial charge on any atom is -0.490 e. The molecule has 1 N–H and O–H groups in total. The Kier molecular flexibility index (Phi) is 7.44. The summed E-state index contributed by atoms with van der Waals surface area (Å²) >= 11 is 1.40. The van der Waals surface area contributed by atoms with Crippen LogP contribution < -0.4 is 4.74 Å². The van der Waals surface area contributed by atoms with Crippen LogP contribution in [0.4, 0.5) is 8.78 Å². The summed E-state index contributed by atoms with van der Waals surface area (Å²) in [7, 11) is 1.86. The number of pyridine rings is 1. The van der Waals surface area contributed by atoms with Crippen molar-refractivity contribution in [2.45, 2.75) is 39.0 Å². The largest absolute Gasteiger partial charge is 0.490 e. The van der Waals surface area contributed by atoms with Gasteiger partial charge in [-0.05, 0) is 56.5 Å². The summed E-state index contributed by atoms with van der Waals surface area (Å²) < 4.78 is 41.0. The van der Waals surface area contributed by atoms with Crippen molar-refractivity contribution < 1.29 is 23.4 Å². The highest BCUT2D eigenvalue weighted by molar-refractivity contribution is 7.18. The Morgan fingerprint density at radius 1 is 1.13 bits per heavy atom. The van der Waals surface area contributed by atoms with E-state index in [-0.39, 0.29) is 29.9 Å². The smallest absolute Gasteiger partial charge is 0.246 e. The molecule has 0 saturated heterocycles. The standard InChI is InChI=1S/C35H32F2N6O3S/c1-6-29(44)42-10-11-43-27(19(42)2)16-26(40-43)33-31(30-24(37)14-22(36)15-28(30)46-18-35(3,4)45)34-23(9-12-47-34)32(38-33)20-7-8-25-21(13-20)17-41(5)39-25/h6-9,12-17,19,45H,1,10-11,18H2,2-5H3/t19-/m0/s1. The van der Waals surface area contributed by atoms with Gasteiger partial charge in [0.2, 0.25) is 5.91 Å². The first kappa shape index (κ1) is 30.7. The second-order valence-corrected chi connectivity index (χ2v) is 13.3. The first-order valence-corrected chi connectivity index (χ1v) is 16.0. The van der Waals surface area contributed by atoms with Crippen molar-refractivity contribution in [3.63, 3.8) is 0 Å². The minimum absolute atomic E-state index is 0.0161.